The molecule has 2 atom stereocenters. The van der Waals surface area contributed by atoms with Crippen LogP contribution in [-0.2, 0) is 22.7 Å². The number of nitrogens with zero attached hydrogens (tertiary/aromatic N) is 4. The summed E-state index contributed by atoms with van der Waals surface area (Å²) >= 11 is 0. The van der Waals surface area contributed by atoms with E-state index in [0.717, 1.165) is 11.1 Å². The molecule has 0 aliphatic carbocycles. The first kappa shape index (κ1) is 25.8. The normalized spacial score (nSPS) is 21.2. The number of nitrogens with one attached hydrogen (secondary N) is 1. The topological polar surface area (TPSA) is 94.7 Å². The van der Waals surface area contributed by atoms with Crippen LogP contribution in [0.2, 0.25) is 0 Å². The van der Waals surface area contributed by atoms with Crippen molar-refractivity contribution in [2.45, 2.75) is 45.6 Å². The van der Waals surface area contributed by atoms with Crippen molar-refractivity contribution >= 4 is 17.8 Å². The minimum absolute atomic E-state index is 0.0233. The number of urea groups is 1. The summed E-state index contributed by atoms with van der Waals surface area (Å²) in [5.74, 6) is 0.755. The van der Waals surface area contributed by atoms with Crippen LogP contribution < -0.4 is 14.8 Å². The second kappa shape index (κ2) is 10.5. The zero-order chi connectivity index (χ0) is 27.0. The zero-order valence-electron chi connectivity index (χ0n) is 21.7. The molecular formula is C27H32FN5O5. The van der Waals surface area contributed by atoms with Gasteiger partial charge in [0.25, 0.3) is 0 Å². The Hall–Kier alpha value is -3.86. The van der Waals surface area contributed by atoms with Crippen LogP contribution in [0.3, 0.4) is 0 Å². The largest absolute Gasteiger partial charge is 0.454 e. The molecule has 0 unspecified atom stereocenters. The van der Waals surface area contributed by atoms with E-state index in [1.165, 1.54) is 17.1 Å². The summed E-state index contributed by atoms with van der Waals surface area (Å²) in [4.78, 5) is 43.7. The van der Waals surface area contributed by atoms with E-state index < -0.39 is 18.2 Å². The molecule has 2 fully saturated rings. The van der Waals surface area contributed by atoms with Gasteiger partial charge in [0.2, 0.25) is 18.6 Å². The molecule has 4 amide bonds. The van der Waals surface area contributed by atoms with Gasteiger partial charge in [-0.2, -0.15) is 0 Å². The molecule has 11 heteroatoms. The van der Waals surface area contributed by atoms with Gasteiger partial charge in [0.1, 0.15) is 18.0 Å². The Morgan fingerprint density at radius 2 is 1.79 bits per heavy atom. The van der Waals surface area contributed by atoms with Gasteiger partial charge in [-0.05, 0) is 47.7 Å². The second-order valence-electron chi connectivity index (χ2n) is 10.3. The standard InChI is InChI=1S/C27H32FN5O5/c1-17(2)10-21-26(35)31(13-19-6-9-22-23(11-19)38-16-37-22)14-24-32(21)25(34)15-30(3)33(24)27(36)29-12-18-4-7-20(28)8-5-18/h4-9,11,17,21,24H,10,12-16H2,1-3H3,(H,29,36)/t21-,24-/m0/s1. The lowest BCUT2D eigenvalue weighted by Gasteiger charge is -2.54. The molecule has 202 valence electrons. The van der Waals surface area contributed by atoms with E-state index in [9.17, 15) is 18.8 Å². The molecule has 3 heterocycles. The number of hydrazine groups is 1. The van der Waals surface area contributed by atoms with E-state index in [1.54, 1.807) is 34.0 Å². The number of amides is 4. The number of hydrogen-bond donors (Lipinski definition) is 1. The molecule has 10 nitrogen and oxygen atoms in total. The number of benzene rings is 2. The number of hydrogen-bond acceptors (Lipinski definition) is 6. The van der Waals surface area contributed by atoms with Crippen molar-refractivity contribution in [2.24, 2.45) is 5.92 Å². The molecule has 0 aromatic heterocycles. The highest BCUT2D eigenvalue weighted by molar-refractivity contribution is 5.91. The van der Waals surface area contributed by atoms with Crippen molar-refractivity contribution in [1.82, 2.24) is 25.1 Å². The molecule has 2 aromatic rings. The van der Waals surface area contributed by atoms with Gasteiger partial charge in [0, 0.05) is 20.1 Å². The van der Waals surface area contributed by atoms with Crippen LogP contribution in [0, 0.1) is 11.7 Å². The highest BCUT2D eigenvalue weighted by Gasteiger charge is 2.50. The maximum absolute atomic E-state index is 13.7. The SMILES string of the molecule is CC(C)C[C@H]1C(=O)N(Cc2ccc3c(c2)OCO3)C[C@H]2N1C(=O)CN(C)N2C(=O)NCc1ccc(F)cc1. The van der Waals surface area contributed by atoms with E-state index in [2.05, 4.69) is 5.32 Å². The lowest BCUT2D eigenvalue weighted by Crippen LogP contribution is -2.75. The number of carbonyl (C=O) groups excluding carboxylic acids is 3. The third-order valence-corrected chi connectivity index (χ3v) is 7.01. The number of ether oxygens (including phenoxy) is 2. The summed E-state index contributed by atoms with van der Waals surface area (Å²) in [6, 6.07) is 10.4. The predicted octanol–water partition coefficient (Wildman–Crippen LogP) is 2.54. The fourth-order valence-corrected chi connectivity index (χ4v) is 5.24. The molecule has 3 aliphatic rings. The maximum atomic E-state index is 13.7. The summed E-state index contributed by atoms with van der Waals surface area (Å²) < 4.78 is 24.2. The first-order valence-electron chi connectivity index (χ1n) is 12.7. The van der Waals surface area contributed by atoms with Gasteiger partial charge < -0.3 is 24.6 Å². The Balaban J connectivity index is 1.40. The van der Waals surface area contributed by atoms with E-state index >= 15 is 0 Å². The van der Waals surface area contributed by atoms with Crippen molar-refractivity contribution in [3.05, 3.63) is 59.4 Å². The average Bonchev–Trinajstić information content (AvgIpc) is 3.34. The highest BCUT2D eigenvalue weighted by atomic mass is 19.1. The minimum atomic E-state index is -0.684. The number of piperazine rings is 1. The molecular weight excluding hydrogens is 493 g/mol. The Kier molecular flexibility index (Phi) is 7.11. The lowest BCUT2D eigenvalue weighted by atomic mass is 9.96. The molecule has 0 spiro atoms. The third-order valence-electron chi connectivity index (χ3n) is 7.01. The van der Waals surface area contributed by atoms with Crippen LogP contribution in [0.1, 0.15) is 31.4 Å². The van der Waals surface area contributed by atoms with Gasteiger partial charge in [-0.25, -0.2) is 19.2 Å². The summed E-state index contributed by atoms with van der Waals surface area (Å²) in [6.07, 6.45) is -0.196. The smallest absolute Gasteiger partial charge is 0.334 e. The van der Waals surface area contributed by atoms with Gasteiger partial charge in [-0.15, -0.1) is 0 Å². The van der Waals surface area contributed by atoms with Gasteiger partial charge in [-0.3, -0.25) is 9.59 Å². The van der Waals surface area contributed by atoms with Crippen LogP contribution in [0.15, 0.2) is 42.5 Å². The zero-order valence-corrected chi connectivity index (χ0v) is 21.7. The van der Waals surface area contributed by atoms with Gasteiger partial charge in [0.05, 0.1) is 13.1 Å². The molecule has 0 radical (unpaired) electrons. The first-order valence-corrected chi connectivity index (χ1v) is 12.7. The van der Waals surface area contributed by atoms with Crippen molar-refractivity contribution in [1.29, 1.82) is 0 Å². The molecule has 3 aliphatic heterocycles. The number of carbonyl (C=O) groups is 3. The van der Waals surface area contributed by atoms with Crippen molar-refractivity contribution < 1.29 is 28.2 Å². The van der Waals surface area contributed by atoms with Crippen molar-refractivity contribution in [3.8, 4) is 11.5 Å². The Morgan fingerprint density at radius 1 is 1.08 bits per heavy atom. The number of fused-ring (bicyclic) bond motifs is 2. The van der Waals surface area contributed by atoms with Crippen molar-refractivity contribution in [2.75, 3.05) is 26.9 Å². The van der Waals surface area contributed by atoms with E-state index in [1.807, 2.05) is 32.0 Å². The first-order chi connectivity index (χ1) is 18.2. The van der Waals surface area contributed by atoms with Gasteiger partial charge >= 0.3 is 6.03 Å². The quantitative estimate of drug-likeness (QED) is 0.623. The third kappa shape index (κ3) is 5.10. The number of halogens is 1. The van der Waals surface area contributed by atoms with E-state index in [0.29, 0.717) is 24.5 Å². The Morgan fingerprint density at radius 3 is 2.53 bits per heavy atom. The van der Waals surface area contributed by atoms with E-state index in [4.69, 9.17) is 9.47 Å². The second-order valence-corrected chi connectivity index (χ2v) is 10.3. The fraction of sp³-hybridized carbons (Fsp3) is 0.444. The van der Waals surface area contributed by atoms with Gasteiger partial charge in [-0.1, -0.05) is 32.0 Å². The summed E-state index contributed by atoms with van der Waals surface area (Å²) in [5, 5.41) is 5.98. The summed E-state index contributed by atoms with van der Waals surface area (Å²) in [7, 11) is 1.68. The fourth-order valence-electron chi connectivity index (χ4n) is 5.24. The van der Waals surface area contributed by atoms with Crippen LogP contribution in [0.5, 0.6) is 11.5 Å². The molecule has 38 heavy (non-hydrogen) atoms. The Bertz CT molecular complexity index is 1220. The molecule has 2 aromatic carbocycles. The molecule has 2 saturated heterocycles. The van der Waals surface area contributed by atoms with E-state index in [-0.39, 0.29) is 50.0 Å². The van der Waals surface area contributed by atoms with Crippen LogP contribution in [-0.4, -0.2) is 76.8 Å². The van der Waals surface area contributed by atoms with Crippen LogP contribution in [0.25, 0.3) is 0 Å². The number of likely N-dealkylation sites (N-methyl/N-ethyl adjacent to an activating group) is 1. The highest BCUT2D eigenvalue weighted by Crippen LogP contribution is 2.34. The maximum Gasteiger partial charge on any atom is 0.334 e. The average molecular weight is 526 g/mol. The molecule has 0 bridgehead atoms. The predicted molar refractivity (Wildman–Crippen MR) is 135 cm³/mol. The molecule has 5 rings (SSSR count). The Labute approximate surface area is 220 Å². The minimum Gasteiger partial charge on any atom is -0.454 e. The summed E-state index contributed by atoms with van der Waals surface area (Å²) in [5.41, 5.74) is 1.61. The van der Waals surface area contributed by atoms with Crippen molar-refractivity contribution in [3.63, 3.8) is 0 Å². The van der Waals surface area contributed by atoms with Crippen LogP contribution in [0.4, 0.5) is 9.18 Å². The van der Waals surface area contributed by atoms with Gasteiger partial charge in [0.15, 0.2) is 11.5 Å². The molecule has 1 N–H and O–H groups in total. The monoisotopic (exact) mass is 525 g/mol. The van der Waals surface area contributed by atoms with Crippen LogP contribution >= 0.6 is 0 Å². The molecule has 0 saturated carbocycles. The number of rotatable bonds is 6. The lowest BCUT2D eigenvalue weighted by molar-refractivity contribution is -0.188. The summed E-state index contributed by atoms with van der Waals surface area (Å²) in [6.45, 7) is 4.80.